The minimum absolute atomic E-state index is 0.315. The van der Waals surface area contributed by atoms with E-state index in [0.29, 0.717) is 37.0 Å². The number of carbonyl (C=O) groups is 1. The summed E-state index contributed by atoms with van der Waals surface area (Å²) in [6.45, 7) is 8.79. The highest BCUT2D eigenvalue weighted by Crippen LogP contribution is 2.34. The van der Waals surface area contributed by atoms with Crippen LogP contribution >= 0.6 is 0 Å². The fourth-order valence-electron chi connectivity index (χ4n) is 3.89. The van der Waals surface area contributed by atoms with Gasteiger partial charge in [-0.05, 0) is 39.1 Å². The van der Waals surface area contributed by atoms with Crippen LogP contribution < -0.4 is 10.5 Å². The molecule has 0 saturated carbocycles. The van der Waals surface area contributed by atoms with E-state index in [2.05, 4.69) is 38.2 Å². The van der Waals surface area contributed by atoms with Gasteiger partial charge in [0.15, 0.2) is 5.69 Å². The Hall–Kier alpha value is -2.86. The smallest absolute Gasteiger partial charge is 0.269 e. The number of rotatable bonds is 3. The van der Waals surface area contributed by atoms with Crippen LogP contribution in [0.1, 0.15) is 35.6 Å². The van der Waals surface area contributed by atoms with Gasteiger partial charge in [0.05, 0.1) is 17.8 Å². The zero-order valence-corrected chi connectivity index (χ0v) is 18.3. The lowest BCUT2D eigenvalue weighted by atomic mass is 10.1. The molecule has 1 saturated heterocycles. The van der Waals surface area contributed by atoms with Crippen molar-refractivity contribution in [3.8, 4) is 29.0 Å². The van der Waals surface area contributed by atoms with E-state index < -0.39 is 11.5 Å². The molecule has 0 atom stereocenters. The number of imidazole rings is 1. The first-order chi connectivity index (χ1) is 14.7. The lowest BCUT2D eigenvalue weighted by Gasteiger charge is -2.32. The Morgan fingerprint density at radius 1 is 1.26 bits per heavy atom. The van der Waals surface area contributed by atoms with Crippen LogP contribution in [0.25, 0.3) is 11.4 Å². The van der Waals surface area contributed by atoms with Crippen molar-refractivity contribution >= 4 is 5.91 Å². The van der Waals surface area contributed by atoms with Crippen molar-refractivity contribution in [3.05, 3.63) is 35.2 Å². The molecule has 0 unspecified atom stereocenters. The molecule has 1 aromatic carbocycles. The Morgan fingerprint density at radius 2 is 2.00 bits per heavy atom. The number of nitrogens with zero attached hydrogens (tertiary/aromatic N) is 4. The van der Waals surface area contributed by atoms with E-state index in [0.717, 1.165) is 43.0 Å². The Labute approximate surface area is 182 Å². The first kappa shape index (κ1) is 21.4. The van der Waals surface area contributed by atoms with Crippen LogP contribution in [0.15, 0.2) is 18.2 Å². The minimum atomic E-state index is -1.09. The number of benzene rings is 1. The van der Waals surface area contributed by atoms with E-state index in [9.17, 15) is 9.90 Å². The fourth-order valence-corrected chi connectivity index (χ4v) is 3.89. The Morgan fingerprint density at radius 3 is 2.68 bits per heavy atom. The predicted molar refractivity (Wildman–Crippen MR) is 118 cm³/mol. The van der Waals surface area contributed by atoms with Crippen LogP contribution in [0.5, 0.6) is 5.75 Å². The second kappa shape index (κ2) is 8.35. The van der Waals surface area contributed by atoms with Crippen LogP contribution in [0.3, 0.4) is 0 Å². The van der Waals surface area contributed by atoms with Gasteiger partial charge in [-0.1, -0.05) is 11.8 Å². The summed E-state index contributed by atoms with van der Waals surface area (Å²) in [7, 11) is 2.11. The summed E-state index contributed by atoms with van der Waals surface area (Å²) in [6.07, 6.45) is 0. The third-order valence-corrected chi connectivity index (χ3v) is 5.58. The van der Waals surface area contributed by atoms with Gasteiger partial charge in [0.1, 0.15) is 23.8 Å². The predicted octanol–water partition coefficient (Wildman–Crippen LogP) is 0.911. The highest BCUT2D eigenvalue weighted by molar-refractivity contribution is 5.93. The molecule has 164 valence electrons. The first-order valence-electron chi connectivity index (χ1n) is 10.5. The molecule has 1 amide bonds. The van der Waals surface area contributed by atoms with Crippen molar-refractivity contribution in [1.82, 2.24) is 19.4 Å². The zero-order valence-electron chi connectivity index (χ0n) is 18.3. The summed E-state index contributed by atoms with van der Waals surface area (Å²) in [4.78, 5) is 21.5. The molecule has 3 N–H and O–H groups in total. The van der Waals surface area contributed by atoms with E-state index in [1.165, 1.54) is 0 Å². The normalized spacial score (nSPS) is 17.0. The second-order valence-corrected chi connectivity index (χ2v) is 8.69. The SMILES string of the molecule is CN1CCN(Cc2c(C(N)=O)nc3n2CCOc2ccc(C#CC(C)(C)O)cc2-3)CC1. The molecule has 2 aliphatic rings. The lowest BCUT2D eigenvalue weighted by Crippen LogP contribution is -2.44. The molecular weight excluding hydrogens is 394 g/mol. The quantitative estimate of drug-likeness (QED) is 0.713. The molecule has 8 nitrogen and oxygen atoms in total. The van der Waals surface area contributed by atoms with Crippen LogP contribution in [0.2, 0.25) is 0 Å². The number of hydrogen-bond donors (Lipinski definition) is 2. The van der Waals surface area contributed by atoms with E-state index in [4.69, 9.17) is 10.5 Å². The van der Waals surface area contributed by atoms with Gasteiger partial charge >= 0.3 is 0 Å². The summed E-state index contributed by atoms with van der Waals surface area (Å²) in [6, 6.07) is 5.61. The number of primary amides is 1. The molecule has 4 rings (SSSR count). The third kappa shape index (κ3) is 4.74. The summed E-state index contributed by atoms with van der Waals surface area (Å²) >= 11 is 0. The van der Waals surface area contributed by atoms with Crippen molar-refractivity contribution in [2.45, 2.75) is 32.5 Å². The lowest BCUT2D eigenvalue weighted by molar-refractivity contribution is 0.0991. The highest BCUT2D eigenvalue weighted by atomic mass is 16.5. The number of nitrogens with two attached hydrogens (primary N) is 1. The summed E-state index contributed by atoms with van der Waals surface area (Å²) < 4.78 is 8.01. The topological polar surface area (TPSA) is 96.9 Å². The molecule has 1 fully saturated rings. The molecule has 0 bridgehead atoms. The number of likely N-dealkylation sites (N-methyl/N-ethyl adjacent to an activating group) is 1. The van der Waals surface area contributed by atoms with Crippen LogP contribution in [0, 0.1) is 11.8 Å². The largest absolute Gasteiger partial charge is 0.491 e. The summed E-state index contributed by atoms with van der Waals surface area (Å²) in [5.41, 5.74) is 7.28. The van der Waals surface area contributed by atoms with Gasteiger partial charge in [-0.15, -0.1) is 0 Å². The number of hydrogen-bond acceptors (Lipinski definition) is 6. The van der Waals surface area contributed by atoms with E-state index in [1.807, 2.05) is 18.2 Å². The molecule has 2 aliphatic heterocycles. The summed E-state index contributed by atoms with van der Waals surface area (Å²) in [5.74, 6) is 6.67. The number of amides is 1. The number of ether oxygens (including phenoxy) is 1. The number of fused-ring (bicyclic) bond motifs is 3. The van der Waals surface area contributed by atoms with E-state index >= 15 is 0 Å². The maximum atomic E-state index is 12.2. The average molecular weight is 424 g/mol. The second-order valence-electron chi connectivity index (χ2n) is 8.69. The van der Waals surface area contributed by atoms with Crippen molar-refractivity contribution in [3.63, 3.8) is 0 Å². The Bertz CT molecular complexity index is 1050. The molecule has 0 spiro atoms. The Kier molecular flexibility index (Phi) is 5.75. The van der Waals surface area contributed by atoms with Gasteiger partial charge in [0.2, 0.25) is 0 Å². The van der Waals surface area contributed by atoms with Crippen LogP contribution in [-0.2, 0) is 13.1 Å². The Balaban J connectivity index is 1.76. The standard InChI is InChI=1S/C23H29N5O3/c1-23(2,30)7-6-16-4-5-19-17(14-16)22-25-20(21(24)29)18(28(22)12-13-31-19)15-27-10-8-26(3)9-11-27/h4-5,14,30H,8-13,15H2,1-3H3,(H2,24,29). The number of aromatic nitrogens is 2. The van der Waals surface area contributed by atoms with Gasteiger partial charge in [-0.2, -0.15) is 0 Å². The van der Waals surface area contributed by atoms with Gasteiger partial charge in [-0.25, -0.2) is 4.98 Å². The molecule has 8 heteroatoms. The maximum Gasteiger partial charge on any atom is 0.269 e. The van der Waals surface area contributed by atoms with Crippen LogP contribution in [-0.4, -0.2) is 75.8 Å². The van der Waals surface area contributed by atoms with Crippen molar-refractivity contribution in [2.24, 2.45) is 5.73 Å². The average Bonchev–Trinajstić information content (AvgIpc) is 2.96. The molecule has 2 aromatic rings. The maximum absolute atomic E-state index is 12.2. The number of aliphatic hydroxyl groups is 1. The van der Waals surface area contributed by atoms with Crippen molar-refractivity contribution < 1.29 is 14.6 Å². The summed E-state index contributed by atoms with van der Waals surface area (Å²) in [5, 5.41) is 9.92. The molecular formula is C23H29N5O3. The van der Waals surface area contributed by atoms with Gasteiger partial charge in [0.25, 0.3) is 5.91 Å². The van der Waals surface area contributed by atoms with Crippen molar-refractivity contribution in [2.75, 3.05) is 39.8 Å². The van der Waals surface area contributed by atoms with Gasteiger partial charge in [-0.3, -0.25) is 9.69 Å². The minimum Gasteiger partial charge on any atom is -0.491 e. The number of carbonyl (C=O) groups excluding carboxylic acids is 1. The molecule has 3 heterocycles. The number of piperazine rings is 1. The van der Waals surface area contributed by atoms with Crippen molar-refractivity contribution in [1.29, 1.82) is 0 Å². The molecule has 1 aromatic heterocycles. The first-order valence-corrected chi connectivity index (χ1v) is 10.5. The van der Waals surface area contributed by atoms with Crippen LogP contribution in [0.4, 0.5) is 0 Å². The fraction of sp³-hybridized carbons (Fsp3) is 0.478. The molecule has 31 heavy (non-hydrogen) atoms. The van der Waals surface area contributed by atoms with Gasteiger partial charge < -0.3 is 25.0 Å². The monoisotopic (exact) mass is 423 g/mol. The van der Waals surface area contributed by atoms with Gasteiger partial charge in [0, 0.05) is 38.3 Å². The van der Waals surface area contributed by atoms with E-state index in [1.54, 1.807) is 13.8 Å². The van der Waals surface area contributed by atoms with E-state index in [-0.39, 0.29) is 0 Å². The molecule has 0 radical (unpaired) electrons. The third-order valence-electron chi connectivity index (χ3n) is 5.58. The molecule has 0 aliphatic carbocycles. The highest BCUT2D eigenvalue weighted by Gasteiger charge is 2.27. The zero-order chi connectivity index (χ0) is 22.2.